The average Bonchev–Trinajstić information content (AvgIpc) is 3.20. The molecule has 0 bridgehead atoms. The molecule has 0 radical (unpaired) electrons. The van der Waals surface area contributed by atoms with Crippen LogP contribution in [0.3, 0.4) is 0 Å². The van der Waals surface area contributed by atoms with Gasteiger partial charge in [-0.05, 0) is 53.1 Å². The van der Waals surface area contributed by atoms with Crippen LogP contribution in [0.25, 0.3) is 0 Å². The fraction of sp³-hybridized carbons (Fsp3) is 0.389. The Balaban J connectivity index is 1.64. The third-order valence-electron chi connectivity index (χ3n) is 4.87. The van der Waals surface area contributed by atoms with E-state index >= 15 is 0 Å². The van der Waals surface area contributed by atoms with E-state index in [9.17, 15) is 13.2 Å². The van der Waals surface area contributed by atoms with Gasteiger partial charge in [-0.25, -0.2) is 23.1 Å². The number of aryl methyl sites for hydroxylation is 1. The van der Waals surface area contributed by atoms with Gasteiger partial charge in [-0.2, -0.15) is 0 Å². The number of nitrogens with one attached hydrogen (secondary N) is 2. The van der Waals surface area contributed by atoms with Crippen molar-refractivity contribution in [2.75, 3.05) is 24.8 Å². The van der Waals surface area contributed by atoms with Crippen molar-refractivity contribution in [3.63, 3.8) is 0 Å². The molecule has 1 aliphatic carbocycles. The summed E-state index contributed by atoms with van der Waals surface area (Å²) in [5.41, 5.74) is 8.52. The zero-order valence-electron chi connectivity index (χ0n) is 16.2. The molecule has 0 atom stereocenters. The lowest BCUT2D eigenvalue weighted by Crippen LogP contribution is -2.25. The molecule has 12 heteroatoms. The van der Waals surface area contributed by atoms with E-state index in [4.69, 9.17) is 5.73 Å². The number of rotatable bonds is 7. The van der Waals surface area contributed by atoms with Crippen LogP contribution in [0.4, 0.5) is 5.82 Å². The van der Waals surface area contributed by atoms with Gasteiger partial charge in [0.2, 0.25) is 10.0 Å². The highest BCUT2D eigenvalue weighted by Gasteiger charge is 2.25. The lowest BCUT2D eigenvalue weighted by atomic mass is 10.1. The number of amidine groups is 1. The molecule has 30 heavy (non-hydrogen) atoms. The van der Waals surface area contributed by atoms with Gasteiger partial charge in [0.15, 0.2) is 10.9 Å². The minimum absolute atomic E-state index is 0.177. The first-order valence-corrected chi connectivity index (χ1v) is 13.1. The number of imidazole rings is 1. The molecular formula is C18H21IN6O3S2. The lowest BCUT2D eigenvalue weighted by molar-refractivity contribution is 0.0994. The molecule has 2 aromatic rings. The molecule has 0 saturated carbocycles. The van der Waals surface area contributed by atoms with Crippen LogP contribution in [0.5, 0.6) is 0 Å². The summed E-state index contributed by atoms with van der Waals surface area (Å²) < 4.78 is 28.2. The van der Waals surface area contributed by atoms with E-state index in [0.29, 0.717) is 44.1 Å². The zero-order valence-corrected chi connectivity index (χ0v) is 20.0. The van der Waals surface area contributed by atoms with Gasteiger partial charge in [0.25, 0.3) is 0 Å². The highest BCUT2D eigenvalue weighted by molar-refractivity contribution is 14.1. The summed E-state index contributed by atoms with van der Waals surface area (Å²) >= 11 is 3.75. The minimum Gasteiger partial charge on any atom is -0.382 e. The van der Waals surface area contributed by atoms with Gasteiger partial charge in [-0.3, -0.25) is 4.79 Å². The van der Waals surface area contributed by atoms with Gasteiger partial charge in [-0.15, -0.1) is 0 Å². The Kier molecular flexibility index (Phi) is 6.10. The molecule has 0 saturated heterocycles. The van der Waals surface area contributed by atoms with Crippen molar-refractivity contribution >= 4 is 61.8 Å². The Bertz CT molecular complexity index is 1160. The maximum atomic E-state index is 12.2. The van der Waals surface area contributed by atoms with Crippen molar-refractivity contribution in [2.45, 2.75) is 35.9 Å². The highest BCUT2D eigenvalue weighted by atomic mass is 127. The Morgan fingerprint density at radius 3 is 2.93 bits per heavy atom. The number of anilines is 1. The van der Waals surface area contributed by atoms with Crippen LogP contribution in [0, 0.1) is 3.57 Å². The van der Waals surface area contributed by atoms with Crippen LogP contribution >= 0.6 is 34.4 Å². The van der Waals surface area contributed by atoms with E-state index in [1.54, 1.807) is 0 Å². The maximum Gasteiger partial charge on any atom is 0.208 e. The molecule has 0 spiro atoms. The molecule has 1 aromatic carbocycles. The number of fused-ring (bicyclic) bond motifs is 2. The number of aromatic nitrogens is 2. The van der Waals surface area contributed by atoms with Crippen molar-refractivity contribution < 1.29 is 13.2 Å². The summed E-state index contributed by atoms with van der Waals surface area (Å²) in [4.78, 5) is 22.0. The van der Waals surface area contributed by atoms with Gasteiger partial charge in [0.05, 0.1) is 6.26 Å². The molecule has 4 rings (SSSR count). The Labute approximate surface area is 192 Å². The van der Waals surface area contributed by atoms with Crippen molar-refractivity contribution in [2.24, 2.45) is 10.7 Å². The fourth-order valence-electron chi connectivity index (χ4n) is 3.47. The summed E-state index contributed by atoms with van der Waals surface area (Å²) in [6.07, 6.45) is 3.08. The monoisotopic (exact) mass is 560 g/mol. The molecular weight excluding hydrogens is 539 g/mol. The summed E-state index contributed by atoms with van der Waals surface area (Å²) in [5.74, 6) is 1.32. The van der Waals surface area contributed by atoms with Gasteiger partial charge >= 0.3 is 0 Å². The van der Waals surface area contributed by atoms with E-state index in [0.717, 1.165) is 43.2 Å². The summed E-state index contributed by atoms with van der Waals surface area (Å²) in [6.45, 7) is 1.24. The van der Waals surface area contributed by atoms with Crippen molar-refractivity contribution in [1.82, 2.24) is 14.3 Å². The first-order valence-electron chi connectivity index (χ1n) is 9.36. The van der Waals surface area contributed by atoms with Crippen LogP contribution in [-0.4, -0.2) is 49.1 Å². The number of nitrogens with zero attached hydrogens (tertiary/aromatic N) is 3. The number of carbonyl (C=O) groups excluding carboxylic acids is 1. The number of halogens is 1. The van der Waals surface area contributed by atoms with Crippen LogP contribution in [0.2, 0.25) is 0 Å². The summed E-state index contributed by atoms with van der Waals surface area (Å²) in [6, 6.07) is 4.02. The van der Waals surface area contributed by atoms with Crippen LogP contribution in [-0.2, 0) is 23.0 Å². The number of sulfonamides is 1. The minimum atomic E-state index is -3.23. The number of carbonyl (C=O) groups is 1. The third kappa shape index (κ3) is 4.50. The number of aliphatic imine (C=N–C) groups is 1. The number of benzene rings is 1. The molecule has 0 amide bonds. The van der Waals surface area contributed by atoms with Crippen molar-refractivity contribution in [3.05, 3.63) is 32.5 Å². The van der Waals surface area contributed by atoms with Gasteiger partial charge in [0.1, 0.15) is 24.0 Å². The number of ketones is 1. The predicted molar refractivity (Wildman–Crippen MR) is 125 cm³/mol. The third-order valence-corrected chi connectivity index (χ3v) is 7.91. The largest absolute Gasteiger partial charge is 0.382 e. The van der Waals surface area contributed by atoms with E-state index < -0.39 is 10.0 Å². The molecule has 0 unspecified atom stereocenters. The SMILES string of the molecule is CS(=O)(=O)NCCCn1c(Sc2cc3c(cc2I)CCC3=O)nc2c1NCN=C2N. The second-order valence-electron chi connectivity index (χ2n) is 7.11. The Hall–Kier alpha value is -1.64. The van der Waals surface area contributed by atoms with Crippen LogP contribution in [0.15, 0.2) is 27.2 Å². The molecule has 2 heterocycles. The van der Waals surface area contributed by atoms with Gasteiger partial charge in [-0.1, -0.05) is 11.8 Å². The normalized spacial score (nSPS) is 15.5. The molecule has 4 N–H and O–H groups in total. The Morgan fingerprint density at radius 2 is 2.17 bits per heavy atom. The molecule has 1 aromatic heterocycles. The number of nitrogens with two attached hydrogens (primary N) is 1. The topological polar surface area (TPSA) is 131 Å². The quantitative estimate of drug-likeness (QED) is 0.348. The molecule has 0 fully saturated rings. The Morgan fingerprint density at radius 1 is 1.37 bits per heavy atom. The fourth-order valence-corrected chi connectivity index (χ4v) is 5.80. The zero-order chi connectivity index (χ0) is 21.5. The first-order chi connectivity index (χ1) is 14.2. The lowest BCUT2D eigenvalue weighted by Gasteiger charge is -2.16. The van der Waals surface area contributed by atoms with E-state index in [1.807, 2.05) is 10.6 Å². The second-order valence-corrected chi connectivity index (χ2v) is 11.1. The van der Waals surface area contributed by atoms with Gasteiger partial charge < -0.3 is 15.6 Å². The molecule has 1 aliphatic heterocycles. The van der Waals surface area contributed by atoms with Gasteiger partial charge in [0, 0.05) is 33.5 Å². The second kappa shape index (κ2) is 8.48. The average molecular weight is 560 g/mol. The standard InChI is InChI=1S/C18H21IN6O3S2/c1-30(27,28)23-5-2-6-25-17-15(16(20)21-9-22-17)24-18(25)29-14-8-11-10(7-12(14)19)3-4-13(11)26/h7-8,22-23H,2-6,9H2,1H3,(H2,20,21). The number of hydrogen-bond acceptors (Lipinski definition) is 8. The van der Waals surface area contributed by atoms with Crippen molar-refractivity contribution in [3.8, 4) is 0 Å². The van der Waals surface area contributed by atoms with E-state index in [-0.39, 0.29) is 5.78 Å². The smallest absolute Gasteiger partial charge is 0.208 e. The van der Waals surface area contributed by atoms with E-state index in [1.165, 1.54) is 11.8 Å². The highest BCUT2D eigenvalue weighted by Crippen LogP contribution is 2.37. The van der Waals surface area contributed by atoms with Crippen molar-refractivity contribution in [1.29, 1.82) is 0 Å². The summed E-state index contributed by atoms with van der Waals surface area (Å²) in [5, 5.41) is 3.93. The van der Waals surface area contributed by atoms with Crippen LogP contribution in [0.1, 0.15) is 34.5 Å². The molecule has 2 aliphatic rings. The molecule has 9 nitrogen and oxygen atoms in total. The number of hydrogen-bond donors (Lipinski definition) is 3. The molecule has 160 valence electrons. The van der Waals surface area contributed by atoms with E-state index in [2.05, 4.69) is 48.7 Å². The first kappa shape index (κ1) is 21.6. The predicted octanol–water partition coefficient (Wildman–Crippen LogP) is 1.80. The maximum absolute atomic E-state index is 12.2. The van der Waals surface area contributed by atoms with Crippen LogP contribution < -0.4 is 15.8 Å². The summed E-state index contributed by atoms with van der Waals surface area (Å²) in [7, 11) is -3.23. The number of Topliss-reactive ketones (excluding diaryl/α,β-unsaturated/α-hetero) is 1.